The summed E-state index contributed by atoms with van der Waals surface area (Å²) in [4.78, 5) is 8.31. The largest absolute Gasteiger partial charge is 0.573 e. The Morgan fingerprint density at radius 2 is 1.83 bits per heavy atom. The highest BCUT2D eigenvalue weighted by atomic mass is 35.5. The summed E-state index contributed by atoms with van der Waals surface area (Å²) in [6.45, 7) is 1.54. The van der Waals surface area contributed by atoms with Crippen LogP contribution in [0.3, 0.4) is 0 Å². The SMILES string of the molecule is CCS(=O)c1ccc(C(CO)c2nc3c(Cl)c(-c4ccccc4OC(F)(F)F)c(Cl)cc3[nH]2)cc1. The Morgan fingerprint density at radius 1 is 1.14 bits per heavy atom. The van der Waals surface area contributed by atoms with E-state index < -0.39 is 28.8 Å². The number of benzene rings is 3. The van der Waals surface area contributed by atoms with E-state index in [1.54, 1.807) is 30.3 Å². The molecule has 0 amide bonds. The molecule has 0 bridgehead atoms. The quantitative estimate of drug-likeness (QED) is 0.273. The third-order valence-corrected chi connectivity index (χ3v) is 7.38. The van der Waals surface area contributed by atoms with Gasteiger partial charge in [-0.2, -0.15) is 0 Å². The standard InChI is InChI=1S/C24H19Cl2F3N2O3S/c1-2-35(33)14-9-7-13(8-10-14)16(12-32)23-30-18-11-17(25)20(21(26)22(18)31-23)15-5-3-4-6-19(15)34-24(27,28)29/h3-11,16,32H,2,12H2,1H3,(H,30,31). The van der Waals surface area contributed by atoms with Gasteiger partial charge in [-0.05, 0) is 29.8 Å². The second-order valence-electron chi connectivity index (χ2n) is 7.55. The minimum absolute atomic E-state index is 0.0404. The number of aliphatic hydroxyl groups is 1. The van der Waals surface area contributed by atoms with Crippen molar-refractivity contribution in [2.24, 2.45) is 0 Å². The molecule has 0 aliphatic rings. The maximum Gasteiger partial charge on any atom is 0.573 e. The molecule has 35 heavy (non-hydrogen) atoms. The second kappa shape index (κ2) is 10.2. The second-order valence-corrected chi connectivity index (χ2v) is 10.1. The number of hydrogen-bond acceptors (Lipinski definition) is 4. The number of imidazole rings is 1. The van der Waals surface area contributed by atoms with E-state index in [-0.39, 0.29) is 33.3 Å². The molecular formula is C24H19Cl2F3N2O3S. The first-order valence-electron chi connectivity index (χ1n) is 10.4. The normalized spacial score (nSPS) is 13.7. The highest BCUT2D eigenvalue weighted by Gasteiger charge is 2.33. The predicted octanol–water partition coefficient (Wildman–Crippen LogP) is 6.69. The van der Waals surface area contributed by atoms with Crippen LogP contribution in [0.2, 0.25) is 10.0 Å². The van der Waals surface area contributed by atoms with Crippen molar-refractivity contribution in [2.75, 3.05) is 12.4 Å². The first-order chi connectivity index (χ1) is 16.6. The number of halogens is 5. The Morgan fingerprint density at radius 3 is 2.46 bits per heavy atom. The number of nitrogens with zero attached hydrogens (tertiary/aromatic N) is 1. The number of aliphatic hydroxyl groups excluding tert-OH is 1. The summed E-state index contributed by atoms with van der Waals surface area (Å²) in [6, 6.07) is 14.1. The molecule has 11 heteroatoms. The minimum atomic E-state index is -4.90. The molecule has 0 radical (unpaired) electrons. The number of fused-ring (bicyclic) bond motifs is 1. The van der Waals surface area contributed by atoms with Crippen molar-refractivity contribution >= 4 is 45.0 Å². The van der Waals surface area contributed by atoms with E-state index in [0.29, 0.717) is 22.0 Å². The lowest BCUT2D eigenvalue weighted by atomic mass is 9.99. The molecule has 2 atom stereocenters. The molecule has 4 aromatic rings. The van der Waals surface area contributed by atoms with Crippen molar-refractivity contribution in [3.05, 3.63) is 76.0 Å². The lowest BCUT2D eigenvalue weighted by Crippen LogP contribution is -2.17. The van der Waals surface area contributed by atoms with Gasteiger partial charge in [0.25, 0.3) is 0 Å². The van der Waals surface area contributed by atoms with Gasteiger partial charge in [0.2, 0.25) is 0 Å². The molecule has 0 saturated carbocycles. The molecule has 1 heterocycles. The molecule has 5 nitrogen and oxygen atoms in total. The summed E-state index contributed by atoms with van der Waals surface area (Å²) in [7, 11) is -1.10. The van der Waals surface area contributed by atoms with Gasteiger partial charge in [0, 0.05) is 21.8 Å². The highest BCUT2D eigenvalue weighted by Crippen LogP contribution is 2.44. The lowest BCUT2D eigenvalue weighted by Gasteiger charge is -2.15. The van der Waals surface area contributed by atoms with Gasteiger partial charge in [-0.15, -0.1) is 13.2 Å². The number of aromatic amines is 1. The van der Waals surface area contributed by atoms with Gasteiger partial charge in [-0.25, -0.2) is 4.98 Å². The van der Waals surface area contributed by atoms with E-state index in [1.165, 1.54) is 24.3 Å². The molecule has 1 aromatic heterocycles. The van der Waals surface area contributed by atoms with E-state index in [4.69, 9.17) is 23.2 Å². The van der Waals surface area contributed by atoms with Crippen molar-refractivity contribution < 1.29 is 27.2 Å². The number of nitrogens with one attached hydrogen (secondary N) is 1. The summed E-state index contributed by atoms with van der Waals surface area (Å²) >= 11 is 13.0. The van der Waals surface area contributed by atoms with E-state index in [1.807, 2.05) is 6.92 Å². The number of aromatic nitrogens is 2. The monoisotopic (exact) mass is 542 g/mol. The average molecular weight is 543 g/mol. The Kier molecular flexibility index (Phi) is 7.42. The molecule has 0 spiro atoms. The molecule has 2 N–H and O–H groups in total. The summed E-state index contributed by atoms with van der Waals surface area (Å²) in [5.74, 6) is -0.116. The topological polar surface area (TPSA) is 75.2 Å². The first kappa shape index (κ1) is 25.5. The van der Waals surface area contributed by atoms with E-state index in [0.717, 1.165) is 5.56 Å². The molecular weight excluding hydrogens is 524 g/mol. The average Bonchev–Trinajstić information content (AvgIpc) is 3.23. The molecule has 0 aliphatic heterocycles. The lowest BCUT2D eigenvalue weighted by molar-refractivity contribution is -0.274. The molecule has 2 unspecified atom stereocenters. The van der Waals surface area contributed by atoms with Crippen LogP contribution < -0.4 is 4.74 Å². The summed E-state index contributed by atoms with van der Waals surface area (Å²) in [5, 5.41) is 10.2. The molecule has 4 rings (SSSR count). The van der Waals surface area contributed by atoms with Crippen LogP contribution in [0, 0.1) is 0 Å². The number of rotatable bonds is 7. The van der Waals surface area contributed by atoms with Crippen molar-refractivity contribution in [3.8, 4) is 16.9 Å². The predicted molar refractivity (Wildman–Crippen MR) is 131 cm³/mol. The van der Waals surface area contributed by atoms with Gasteiger partial charge in [0.05, 0.1) is 38.9 Å². The molecule has 3 aromatic carbocycles. The fraction of sp³-hybridized carbons (Fsp3) is 0.208. The maximum atomic E-state index is 12.9. The van der Waals surface area contributed by atoms with E-state index in [9.17, 15) is 22.5 Å². The highest BCUT2D eigenvalue weighted by molar-refractivity contribution is 7.85. The van der Waals surface area contributed by atoms with Crippen molar-refractivity contribution in [1.29, 1.82) is 0 Å². The van der Waals surface area contributed by atoms with Gasteiger partial charge in [-0.3, -0.25) is 4.21 Å². The zero-order chi connectivity index (χ0) is 25.3. The minimum Gasteiger partial charge on any atom is -0.405 e. The van der Waals surface area contributed by atoms with Crippen LogP contribution in [0.25, 0.3) is 22.2 Å². The van der Waals surface area contributed by atoms with Gasteiger partial charge in [0.1, 0.15) is 17.1 Å². The van der Waals surface area contributed by atoms with Crippen LogP contribution in [-0.2, 0) is 10.8 Å². The van der Waals surface area contributed by atoms with Crippen LogP contribution in [-0.4, -0.2) is 38.0 Å². The van der Waals surface area contributed by atoms with Crippen LogP contribution in [0.1, 0.15) is 24.2 Å². The summed E-state index contributed by atoms with van der Waals surface area (Å²) < 4.78 is 55.0. The van der Waals surface area contributed by atoms with Gasteiger partial charge < -0.3 is 14.8 Å². The van der Waals surface area contributed by atoms with Crippen molar-refractivity contribution in [3.63, 3.8) is 0 Å². The summed E-state index contributed by atoms with van der Waals surface area (Å²) in [6.07, 6.45) is -4.90. The zero-order valence-electron chi connectivity index (χ0n) is 18.2. The fourth-order valence-electron chi connectivity index (χ4n) is 3.77. The number of ether oxygens (including phenoxy) is 1. The Labute approximate surface area is 211 Å². The molecule has 0 saturated heterocycles. The number of alkyl halides is 3. The molecule has 184 valence electrons. The number of H-pyrrole nitrogens is 1. The smallest absolute Gasteiger partial charge is 0.405 e. The zero-order valence-corrected chi connectivity index (χ0v) is 20.5. The van der Waals surface area contributed by atoms with Gasteiger partial charge in [0.15, 0.2) is 0 Å². The number of hydrogen-bond donors (Lipinski definition) is 2. The van der Waals surface area contributed by atoms with E-state index >= 15 is 0 Å². The Hall–Kier alpha value is -2.59. The van der Waals surface area contributed by atoms with Crippen molar-refractivity contribution in [2.45, 2.75) is 24.1 Å². The van der Waals surface area contributed by atoms with E-state index in [2.05, 4.69) is 14.7 Å². The summed E-state index contributed by atoms with van der Waals surface area (Å²) in [5.41, 5.74) is 1.67. The third-order valence-electron chi connectivity index (χ3n) is 5.39. The molecule has 0 aliphatic carbocycles. The van der Waals surface area contributed by atoms with Crippen molar-refractivity contribution in [1.82, 2.24) is 9.97 Å². The van der Waals surface area contributed by atoms with Gasteiger partial charge >= 0.3 is 6.36 Å². The van der Waals surface area contributed by atoms with Crippen LogP contribution >= 0.6 is 23.2 Å². The van der Waals surface area contributed by atoms with Crippen LogP contribution in [0.4, 0.5) is 13.2 Å². The molecule has 0 fully saturated rings. The van der Waals surface area contributed by atoms with Crippen LogP contribution in [0.15, 0.2) is 59.5 Å². The Bertz CT molecular complexity index is 1390. The Balaban J connectivity index is 1.78. The third kappa shape index (κ3) is 5.33. The van der Waals surface area contributed by atoms with Gasteiger partial charge in [-0.1, -0.05) is 60.5 Å². The maximum absolute atomic E-state index is 12.9. The van der Waals surface area contributed by atoms with Crippen LogP contribution in [0.5, 0.6) is 5.75 Å². The first-order valence-corrected chi connectivity index (χ1v) is 12.5. The number of para-hydroxylation sites is 1. The fourth-order valence-corrected chi connectivity index (χ4v) is 5.24.